The number of nitrogens with two attached hydrogens (primary N) is 1. The van der Waals surface area contributed by atoms with Gasteiger partial charge in [-0.1, -0.05) is 80.8 Å². The number of nitrogens with one attached hydrogen (secondary N) is 1. The molecule has 1 aliphatic heterocycles. The van der Waals surface area contributed by atoms with Gasteiger partial charge in [-0.3, -0.25) is 14.3 Å². The third kappa shape index (κ3) is 9.98. The maximum absolute atomic E-state index is 13.1. The lowest BCUT2D eigenvalue weighted by atomic mass is 9.79. The predicted molar refractivity (Wildman–Crippen MR) is 239 cm³/mol. The van der Waals surface area contributed by atoms with Gasteiger partial charge in [-0.2, -0.15) is 10.2 Å². The largest absolute Gasteiger partial charge is 0.497 e. The number of aromatic nitrogens is 4. The lowest BCUT2D eigenvalue weighted by molar-refractivity contribution is -0.145. The quantitative estimate of drug-likeness (QED) is 0.0386. The van der Waals surface area contributed by atoms with E-state index in [1.54, 1.807) is 25.9 Å². The van der Waals surface area contributed by atoms with Crippen molar-refractivity contribution in [1.82, 2.24) is 24.2 Å². The summed E-state index contributed by atoms with van der Waals surface area (Å²) >= 11 is 0. The third-order valence-electron chi connectivity index (χ3n) is 11.1. The Balaban J connectivity index is 1.59. The molecule has 3 N–H and O–H groups in total. The summed E-state index contributed by atoms with van der Waals surface area (Å²) in [6, 6.07) is 28.2. The molecule has 0 aliphatic carbocycles. The normalized spacial score (nSPS) is 19.0. The molecule has 0 spiro atoms. The zero-order valence-electron chi connectivity index (χ0n) is 36.9. The Bertz CT molecular complexity index is 2210. The molecular formula is C46H60N7O8P. The molecule has 1 aliphatic rings. The van der Waals surface area contributed by atoms with Gasteiger partial charge in [-0.15, -0.1) is 0 Å². The fourth-order valence-electron chi connectivity index (χ4n) is 8.23. The molecule has 0 bridgehead atoms. The summed E-state index contributed by atoms with van der Waals surface area (Å²) in [7, 11) is 3.09. The first-order valence-corrected chi connectivity index (χ1v) is 22.3. The SMILES string of the molecule is CCCCCC(OC(c1ccccc1)(c1ccc(OC)cc1)c1ccc(OC)cc1)[C@H]1O[C@@H](n2cnc3c(=O)[nH]c(N)nc32)[C@H](OC)[C@@H]1OP(OCCC#N)N(C(C)C)C(C)C. The lowest BCUT2D eigenvalue weighted by Gasteiger charge is -2.42. The summed E-state index contributed by atoms with van der Waals surface area (Å²) < 4.78 is 50.4. The van der Waals surface area contributed by atoms with Crippen LogP contribution >= 0.6 is 8.53 Å². The molecule has 16 heteroatoms. The number of ether oxygens (including phenoxy) is 5. The van der Waals surface area contributed by atoms with Crippen molar-refractivity contribution in [2.45, 2.75) is 115 Å². The van der Waals surface area contributed by atoms with Crippen LogP contribution in [-0.4, -0.2) is 88.6 Å². The minimum Gasteiger partial charge on any atom is -0.497 e. The van der Waals surface area contributed by atoms with Crippen LogP contribution in [0.25, 0.3) is 11.2 Å². The maximum atomic E-state index is 13.1. The van der Waals surface area contributed by atoms with E-state index < -0.39 is 50.3 Å². The number of hydrogen-bond donors (Lipinski definition) is 2. The van der Waals surface area contributed by atoms with Crippen LogP contribution in [0.3, 0.4) is 0 Å². The Morgan fingerprint density at radius 3 is 2.08 bits per heavy atom. The number of aromatic amines is 1. The van der Waals surface area contributed by atoms with Crippen LogP contribution < -0.4 is 20.8 Å². The van der Waals surface area contributed by atoms with Crippen LogP contribution in [0.5, 0.6) is 11.5 Å². The van der Waals surface area contributed by atoms with Gasteiger partial charge < -0.3 is 38.5 Å². The molecule has 332 valence electrons. The summed E-state index contributed by atoms with van der Waals surface area (Å²) in [6.07, 6.45) is 1.02. The molecule has 0 saturated carbocycles. The Hall–Kier alpha value is -4.91. The summed E-state index contributed by atoms with van der Waals surface area (Å²) in [5, 5.41) is 9.54. The first-order valence-electron chi connectivity index (χ1n) is 21.2. The molecule has 0 amide bonds. The molecule has 2 aromatic heterocycles. The zero-order chi connectivity index (χ0) is 44.4. The van der Waals surface area contributed by atoms with E-state index in [4.69, 9.17) is 38.5 Å². The Labute approximate surface area is 365 Å². The number of unbranched alkanes of at least 4 members (excludes halogenated alkanes) is 2. The van der Waals surface area contributed by atoms with Crippen molar-refractivity contribution in [3.63, 3.8) is 0 Å². The van der Waals surface area contributed by atoms with Crippen molar-refractivity contribution in [1.29, 1.82) is 5.26 Å². The van der Waals surface area contributed by atoms with E-state index in [0.717, 1.165) is 36.0 Å². The highest BCUT2D eigenvalue weighted by Crippen LogP contribution is 2.53. The number of rotatable bonds is 22. The van der Waals surface area contributed by atoms with Gasteiger partial charge in [0, 0.05) is 19.2 Å². The van der Waals surface area contributed by atoms with Crippen molar-refractivity contribution in [3.05, 3.63) is 112 Å². The van der Waals surface area contributed by atoms with Gasteiger partial charge in [0.05, 0.1) is 45.7 Å². The van der Waals surface area contributed by atoms with Crippen LogP contribution in [0.2, 0.25) is 0 Å². The molecule has 3 aromatic carbocycles. The molecule has 3 heterocycles. The topological polar surface area (TPSA) is 181 Å². The molecule has 5 aromatic rings. The molecule has 2 unspecified atom stereocenters. The number of H-pyrrole nitrogens is 1. The monoisotopic (exact) mass is 869 g/mol. The molecule has 6 atom stereocenters. The third-order valence-corrected chi connectivity index (χ3v) is 13.2. The maximum Gasteiger partial charge on any atom is 0.280 e. The highest BCUT2D eigenvalue weighted by atomic mass is 31.2. The van der Waals surface area contributed by atoms with Gasteiger partial charge in [0.1, 0.15) is 35.4 Å². The highest BCUT2D eigenvalue weighted by molar-refractivity contribution is 7.44. The van der Waals surface area contributed by atoms with E-state index in [0.29, 0.717) is 17.9 Å². The molecule has 62 heavy (non-hydrogen) atoms. The van der Waals surface area contributed by atoms with E-state index in [-0.39, 0.29) is 42.2 Å². The first kappa shape index (κ1) is 46.6. The van der Waals surface area contributed by atoms with Gasteiger partial charge in [0.25, 0.3) is 14.1 Å². The van der Waals surface area contributed by atoms with E-state index >= 15 is 0 Å². The standard InChI is InChI=1S/C46H60N7O8P/c1-9-10-12-18-37(60-46(32-16-13-11-14-17-32,33-19-23-35(55-6)24-20-33)34-21-25-36(56-7)26-22-34)39-40(61-62(58-28-15-27-47)53(30(2)3)31(4)5)41(57-8)44(59-39)52-29-49-38-42(52)50-45(48)51-43(38)54/h11,13-14,16-17,19-26,29-31,37,39-41,44H,9-10,12,15,18,28H2,1-8H3,(H3,48,50,51,54)/t37?,39-,40-,41-,44-,62?/m1/s1. The molecule has 6 rings (SSSR count). The summed E-state index contributed by atoms with van der Waals surface area (Å²) in [6.45, 7) is 10.7. The average Bonchev–Trinajstić information content (AvgIpc) is 3.86. The minimum absolute atomic E-state index is 0.0183. The fraction of sp³-hybridized carbons (Fsp3) is 0.478. The van der Waals surface area contributed by atoms with Gasteiger partial charge >= 0.3 is 0 Å². The number of nitrogens with zero attached hydrogens (tertiary/aromatic N) is 5. The number of nitriles is 1. The Morgan fingerprint density at radius 2 is 1.53 bits per heavy atom. The number of methoxy groups -OCH3 is 3. The van der Waals surface area contributed by atoms with E-state index in [9.17, 15) is 10.1 Å². The van der Waals surface area contributed by atoms with Crippen molar-refractivity contribution in [2.24, 2.45) is 0 Å². The summed E-state index contributed by atoms with van der Waals surface area (Å²) in [5.74, 6) is 1.34. The molecule has 15 nitrogen and oxygen atoms in total. The molecule has 0 radical (unpaired) electrons. The minimum atomic E-state index is -1.80. The van der Waals surface area contributed by atoms with Gasteiger partial charge in [-0.25, -0.2) is 9.65 Å². The Morgan fingerprint density at radius 1 is 0.919 bits per heavy atom. The van der Waals surface area contributed by atoms with Crippen molar-refractivity contribution >= 4 is 25.6 Å². The van der Waals surface area contributed by atoms with Crippen LogP contribution in [0.15, 0.2) is 90.0 Å². The van der Waals surface area contributed by atoms with Crippen molar-refractivity contribution in [3.8, 4) is 17.6 Å². The van der Waals surface area contributed by atoms with Crippen LogP contribution in [-0.2, 0) is 28.9 Å². The van der Waals surface area contributed by atoms with Gasteiger partial charge in [0.15, 0.2) is 17.4 Å². The van der Waals surface area contributed by atoms with E-state index in [1.807, 2.05) is 66.7 Å². The van der Waals surface area contributed by atoms with Crippen LogP contribution in [0, 0.1) is 11.3 Å². The van der Waals surface area contributed by atoms with Gasteiger partial charge in [0.2, 0.25) is 5.95 Å². The van der Waals surface area contributed by atoms with Crippen molar-refractivity contribution in [2.75, 3.05) is 33.7 Å². The number of imidazole rings is 1. The van der Waals surface area contributed by atoms with Crippen LogP contribution in [0.4, 0.5) is 5.95 Å². The van der Waals surface area contributed by atoms with E-state index in [2.05, 4.69) is 72.4 Å². The number of benzene rings is 3. The molecule has 1 saturated heterocycles. The second-order valence-corrected chi connectivity index (χ2v) is 17.1. The number of hydrogen-bond acceptors (Lipinski definition) is 13. The smallest absolute Gasteiger partial charge is 0.280 e. The highest BCUT2D eigenvalue weighted by Gasteiger charge is 2.54. The summed E-state index contributed by atoms with van der Waals surface area (Å²) in [5.41, 5.74) is 7.35. The van der Waals surface area contributed by atoms with Crippen LogP contribution in [0.1, 0.15) is 89.6 Å². The Kier molecular flexibility index (Phi) is 16.1. The van der Waals surface area contributed by atoms with Gasteiger partial charge in [-0.05, 0) is 75.1 Å². The molecule has 1 fully saturated rings. The average molecular weight is 870 g/mol. The van der Waals surface area contributed by atoms with E-state index in [1.165, 1.54) is 6.33 Å². The zero-order valence-corrected chi connectivity index (χ0v) is 37.8. The fourth-order valence-corrected chi connectivity index (χ4v) is 9.98. The second kappa shape index (κ2) is 21.4. The predicted octanol–water partition coefficient (Wildman–Crippen LogP) is 8.25. The number of fused-ring (bicyclic) bond motifs is 1. The number of nitrogen functional groups attached to an aromatic ring is 1. The molecular weight excluding hydrogens is 810 g/mol. The summed E-state index contributed by atoms with van der Waals surface area (Å²) in [4.78, 5) is 24.5. The first-order chi connectivity index (χ1) is 30.0. The number of anilines is 1. The van der Waals surface area contributed by atoms with Crippen molar-refractivity contribution < 1.29 is 32.7 Å². The second-order valence-electron chi connectivity index (χ2n) is 15.7. The lowest BCUT2D eigenvalue weighted by Crippen LogP contribution is -2.47.